The summed E-state index contributed by atoms with van der Waals surface area (Å²) in [6, 6.07) is 0. The largest absolute Gasteiger partial charge is 0.452 e. The maximum absolute atomic E-state index is 12.3. The molecule has 16 heavy (non-hydrogen) atoms. The average Bonchev–Trinajstić information content (AvgIpc) is 2.65. The smallest absolute Gasteiger partial charge is 0.346 e. The molecule has 0 aliphatic heterocycles. The van der Waals surface area contributed by atoms with Gasteiger partial charge >= 0.3 is 6.18 Å². The Kier molecular flexibility index (Phi) is 4.79. The van der Waals surface area contributed by atoms with Gasteiger partial charge in [-0.2, -0.15) is 22.5 Å². The normalized spacial score (nSPS) is 11.8. The first kappa shape index (κ1) is 13.5. The second-order valence-electron chi connectivity index (χ2n) is 3.07. The van der Waals surface area contributed by atoms with Crippen LogP contribution in [0, 0.1) is 0 Å². The Balaban J connectivity index is 2.81. The molecule has 0 bridgehead atoms. The van der Waals surface area contributed by atoms with Crippen LogP contribution >= 0.6 is 23.1 Å². The predicted molar refractivity (Wildman–Crippen MR) is 58.1 cm³/mol. The number of nitrogens with zero attached hydrogens (tertiary/aromatic N) is 3. The number of anilines is 1. The van der Waals surface area contributed by atoms with E-state index in [0.717, 1.165) is 18.0 Å². The van der Waals surface area contributed by atoms with E-state index in [2.05, 4.69) is 9.36 Å². The lowest BCUT2D eigenvalue weighted by Crippen LogP contribution is -2.26. The molecule has 0 fully saturated rings. The average molecular weight is 274 g/mol. The number of hydrogen-bond acceptors (Lipinski definition) is 4. The molecule has 0 spiro atoms. The molecule has 0 saturated heterocycles. The number of alkyl halides is 4. The molecule has 0 N–H and O–H groups in total. The van der Waals surface area contributed by atoms with Crippen molar-refractivity contribution in [3.63, 3.8) is 0 Å². The van der Waals surface area contributed by atoms with Gasteiger partial charge in [-0.3, -0.25) is 0 Å². The van der Waals surface area contributed by atoms with Gasteiger partial charge in [-0.15, -0.1) is 11.6 Å². The van der Waals surface area contributed by atoms with E-state index in [1.165, 1.54) is 0 Å². The summed E-state index contributed by atoms with van der Waals surface area (Å²) in [6.07, 6.45) is -3.66. The quantitative estimate of drug-likeness (QED) is 0.772. The van der Waals surface area contributed by atoms with Crippen molar-refractivity contribution in [3.05, 3.63) is 5.82 Å². The van der Waals surface area contributed by atoms with Crippen LogP contribution in [-0.4, -0.2) is 28.3 Å². The molecule has 0 radical (unpaired) electrons. The molecule has 0 aliphatic rings. The summed E-state index contributed by atoms with van der Waals surface area (Å²) < 4.78 is 40.1. The lowest BCUT2D eigenvalue weighted by Gasteiger charge is -2.18. The summed E-state index contributed by atoms with van der Waals surface area (Å²) >= 11 is 6.32. The van der Waals surface area contributed by atoms with Gasteiger partial charge in [0.2, 0.25) is 11.0 Å². The van der Waals surface area contributed by atoms with Crippen LogP contribution in [0.5, 0.6) is 0 Å². The molecule has 1 aromatic rings. The Labute approximate surface area is 100 Å². The molecule has 3 nitrogen and oxygen atoms in total. The van der Waals surface area contributed by atoms with Crippen molar-refractivity contribution in [3.8, 4) is 0 Å². The molecular formula is C8H11ClF3N3S. The van der Waals surface area contributed by atoms with Gasteiger partial charge < -0.3 is 4.90 Å². The van der Waals surface area contributed by atoms with Crippen LogP contribution in [0.3, 0.4) is 0 Å². The van der Waals surface area contributed by atoms with Gasteiger partial charge in [0.25, 0.3) is 0 Å². The number of halogens is 4. The van der Waals surface area contributed by atoms with E-state index in [-0.39, 0.29) is 5.13 Å². The Hall–Kier alpha value is -0.560. The fraction of sp³-hybridized carbons (Fsp3) is 0.750. The number of hydrogen-bond donors (Lipinski definition) is 0. The summed E-state index contributed by atoms with van der Waals surface area (Å²) in [5.74, 6) is -0.732. The van der Waals surface area contributed by atoms with Crippen LogP contribution in [0.25, 0.3) is 0 Å². The van der Waals surface area contributed by atoms with Crippen LogP contribution in [0.4, 0.5) is 18.3 Å². The van der Waals surface area contributed by atoms with Crippen molar-refractivity contribution in [2.45, 2.75) is 19.5 Å². The van der Waals surface area contributed by atoms with Crippen LogP contribution in [0.1, 0.15) is 19.2 Å². The van der Waals surface area contributed by atoms with E-state index < -0.39 is 12.0 Å². The highest BCUT2D eigenvalue weighted by molar-refractivity contribution is 7.09. The van der Waals surface area contributed by atoms with E-state index in [1.54, 1.807) is 4.90 Å². The van der Waals surface area contributed by atoms with Crippen LogP contribution < -0.4 is 4.90 Å². The molecular weight excluding hydrogens is 263 g/mol. The molecule has 0 atom stereocenters. The third-order valence-corrected chi connectivity index (χ3v) is 2.73. The van der Waals surface area contributed by atoms with Crippen molar-refractivity contribution >= 4 is 28.3 Å². The minimum absolute atomic E-state index is 0.273. The van der Waals surface area contributed by atoms with Gasteiger partial charge in [0.05, 0.1) is 0 Å². The van der Waals surface area contributed by atoms with Crippen LogP contribution in [0.15, 0.2) is 0 Å². The van der Waals surface area contributed by atoms with E-state index in [9.17, 15) is 13.2 Å². The van der Waals surface area contributed by atoms with E-state index in [0.29, 0.717) is 19.0 Å². The summed E-state index contributed by atoms with van der Waals surface area (Å²) in [4.78, 5) is 5.18. The first-order chi connectivity index (χ1) is 7.49. The van der Waals surface area contributed by atoms with Gasteiger partial charge in [0.1, 0.15) is 0 Å². The molecule has 1 heterocycles. The van der Waals surface area contributed by atoms with Gasteiger partial charge in [-0.25, -0.2) is 0 Å². The third kappa shape index (κ3) is 3.48. The van der Waals surface area contributed by atoms with E-state index in [4.69, 9.17) is 11.6 Å². The monoisotopic (exact) mass is 273 g/mol. The van der Waals surface area contributed by atoms with Crippen molar-refractivity contribution in [2.75, 3.05) is 23.9 Å². The Morgan fingerprint density at radius 3 is 2.50 bits per heavy atom. The predicted octanol–water partition coefficient (Wildman–Crippen LogP) is 3.01. The summed E-state index contributed by atoms with van der Waals surface area (Å²) in [6.45, 7) is 3.04. The van der Waals surface area contributed by atoms with Gasteiger partial charge in [-0.1, -0.05) is 6.92 Å². The fourth-order valence-electron chi connectivity index (χ4n) is 1.13. The number of aromatic nitrogens is 2. The summed E-state index contributed by atoms with van der Waals surface area (Å²) in [7, 11) is 0. The topological polar surface area (TPSA) is 29.0 Å². The first-order valence-corrected chi connectivity index (χ1v) is 6.01. The Morgan fingerprint density at radius 1 is 1.38 bits per heavy atom. The Bertz CT molecular complexity index is 323. The van der Waals surface area contributed by atoms with E-state index >= 15 is 0 Å². The minimum Gasteiger partial charge on any atom is -0.346 e. The molecule has 0 amide bonds. The van der Waals surface area contributed by atoms with Gasteiger partial charge in [-0.05, 0) is 6.42 Å². The maximum Gasteiger partial charge on any atom is 0.452 e. The molecule has 0 saturated carbocycles. The molecule has 1 rings (SSSR count). The Morgan fingerprint density at radius 2 is 2.06 bits per heavy atom. The number of rotatable bonds is 5. The minimum atomic E-state index is -4.48. The summed E-state index contributed by atoms with van der Waals surface area (Å²) in [5, 5.41) is 0.273. The second-order valence-corrected chi connectivity index (χ2v) is 4.18. The highest BCUT2D eigenvalue weighted by Gasteiger charge is 2.36. The van der Waals surface area contributed by atoms with Crippen molar-refractivity contribution in [1.29, 1.82) is 0 Å². The van der Waals surface area contributed by atoms with E-state index in [1.807, 2.05) is 6.92 Å². The molecule has 0 aliphatic carbocycles. The maximum atomic E-state index is 12.3. The van der Waals surface area contributed by atoms with Crippen LogP contribution in [-0.2, 0) is 6.18 Å². The molecule has 92 valence electrons. The SMILES string of the molecule is CCCN(CCCl)c1nc(C(F)(F)F)ns1. The highest BCUT2D eigenvalue weighted by Crippen LogP contribution is 2.30. The van der Waals surface area contributed by atoms with Crippen molar-refractivity contribution in [1.82, 2.24) is 9.36 Å². The zero-order chi connectivity index (χ0) is 12.2. The molecule has 8 heteroatoms. The van der Waals surface area contributed by atoms with Crippen LogP contribution in [0.2, 0.25) is 0 Å². The summed E-state index contributed by atoms with van der Waals surface area (Å²) in [5.41, 5.74) is 0. The van der Waals surface area contributed by atoms with Crippen molar-refractivity contribution < 1.29 is 13.2 Å². The molecule has 1 aromatic heterocycles. The first-order valence-electron chi connectivity index (χ1n) is 4.70. The molecule has 0 unspecified atom stereocenters. The van der Waals surface area contributed by atoms with Gasteiger partial charge in [0, 0.05) is 30.5 Å². The van der Waals surface area contributed by atoms with Gasteiger partial charge in [0.15, 0.2) is 0 Å². The second kappa shape index (κ2) is 5.67. The zero-order valence-electron chi connectivity index (χ0n) is 8.59. The fourth-order valence-corrected chi connectivity index (χ4v) is 2.08. The third-order valence-electron chi connectivity index (χ3n) is 1.79. The van der Waals surface area contributed by atoms with Crippen molar-refractivity contribution in [2.24, 2.45) is 0 Å². The zero-order valence-corrected chi connectivity index (χ0v) is 10.2. The lowest BCUT2D eigenvalue weighted by molar-refractivity contribution is -0.144. The molecule has 0 aromatic carbocycles. The highest BCUT2D eigenvalue weighted by atomic mass is 35.5. The standard InChI is InChI=1S/C8H11ClF3N3S/c1-2-4-15(5-3-9)7-13-6(14-16-7)8(10,11)12/h2-5H2,1H3. The lowest BCUT2D eigenvalue weighted by atomic mass is 10.4.